The van der Waals surface area contributed by atoms with Gasteiger partial charge in [0.15, 0.2) is 0 Å². The fraction of sp³-hybridized carbons (Fsp3) is 0.364. The third kappa shape index (κ3) is 4.38. The maximum absolute atomic E-state index is 10.7. The molecule has 1 aromatic rings. The Morgan fingerprint density at radius 2 is 1.94 bits per heavy atom. The van der Waals surface area contributed by atoms with Crippen LogP contribution in [0.15, 0.2) is 18.3 Å². The van der Waals surface area contributed by atoms with E-state index in [2.05, 4.69) is 4.98 Å². The van der Waals surface area contributed by atoms with Gasteiger partial charge in [0.2, 0.25) is 5.88 Å². The number of methoxy groups -OCH3 is 1. The fourth-order valence-electron chi connectivity index (χ4n) is 1.52. The lowest BCUT2D eigenvalue weighted by atomic mass is 10.2. The summed E-state index contributed by atoms with van der Waals surface area (Å²) in [5.74, 6) is -1.81. The molecule has 1 rings (SSSR count). The molecular formula is C11H14N2O5. The van der Waals surface area contributed by atoms with E-state index in [1.54, 1.807) is 18.3 Å². The maximum Gasteiger partial charge on any atom is 0.317 e. The van der Waals surface area contributed by atoms with Crippen molar-refractivity contribution in [1.82, 2.24) is 9.88 Å². The van der Waals surface area contributed by atoms with Crippen LogP contribution < -0.4 is 4.74 Å². The highest BCUT2D eigenvalue weighted by atomic mass is 16.5. The normalized spacial score (nSPS) is 10.3. The molecule has 0 aliphatic heterocycles. The highest BCUT2D eigenvalue weighted by molar-refractivity contribution is 5.72. The summed E-state index contributed by atoms with van der Waals surface area (Å²) in [6.07, 6.45) is 1.54. The Morgan fingerprint density at radius 1 is 1.33 bits per heavy atom. The molecule has 18 heavy (non-hydrogen) atoms. The predicted molar refractivity (Wildman–Crippen MR) is 61.3 cm³/mol. The van der Waals surface area contributed by atoms with E-state index in [-0.39, 0.29) is 19.6 Å². The van der Waals surface area contributed by atoms with E-state index in [4.69, 9.17) is 14.9 Å². The van der Waals surface area contributed by atoms with Gasteiger partial charge in [-0.1, -0.05) is 6.07 Å². The number of carboxylic acids is 2. The first kappa shape index (κ1) is 13.9. The second kappa shape index (κ2) is 6.55. The molecule has 98 valence electrons. The molecule has 0 aromatic carbocycles. The number of aromatic nitrogens is 1. The first-order chi connectivity index (χ1) is 8.52. The lowest BCUT2D eigenvalue weighted by Gasteiger charge is -2.18. The van der Waals surface area contributed by atoms with Crippen molar-refractivity contribution in [2.75, 3.05) is 20.2 Å². The van der Waals surface area contributed by atoms with Crippen molar-refractivity contribution < 1.29 is 24.5 Å². The Balaban J connectivity index is 2.81. The summed E-state index contributed by atoms with van der Waals surface area (Å²) in [4.78, 5) is 26.6. The fourth-order valence-corrected chi connectivity index (χ4v) is 1.52. The van der Waals surface area contributed by atoms with Gasteiger partial charge in [-0.25, -0.2) is 4.98 Å². The number of ether oxygens (including phenoxy) is 1. The Hall–Kier alpha value is -2.15. The van der Waals surface area contributed by atoms with Crippen molar-refractivity contribution in [3.63, 3.8) is 0 Å². The summed E-state index contributed by atoms with van der Waals surface area (Å²) in [5, 5.41) is 17.4. The molecular weight excluding hydrogens is 240 g/mol. The lowest BCUT2D eigenvalue weighted by molar-refractivity contribution is -0.142. The topological polar surface area (TPSA) is 100.0 Å². The molecule has 0 radical (unpaired) electrons. The summed E-state index contributed by atoms with van der Waals surface area (Å²) in [7, 11) is 1.45. The SMILES string of the molecule is COc1ncccc1CN(CC(=O)O)CC(=O)O. The van der Waals surface area contributed by atoms with Gasteiger partial charge in [0.1, 0.15) is 0 Å². The predicted octanol–water partition coefficient (Wildman–Crippen LogP) is 0.0614. The Morgan fingerprint density at radius 3 is 2.44 bits per heavy atom. The largest absolute Gasteiger partial charge is 0.481 e. The van der Waals surface area contributed by atoms with Crippen molar-refractivity contribution in [3.8, 4) is 5.88 Å². The van der Waals surface area contributed by atoms with Crippen molar-refractivity contribution >= 4 is 11.9 Å². The van der Waals surface area contributed by atoms with Crippen molar-refractivity contribution in [3.05, 3.63) is 23.9 Å². The molecule has 1 aromatic heterocycles. The van der Waals surface area contributed by atoms with Gasteiger partial charge in [-0.2, -0.15) is 0 Å². The molecule has 0 spiro atoms. The molecule has 0 saturated carbocycles. The van der Waals surface area contributed by atoms with Crippen LogP contribution in [0.25, 0.3) is 0 Å². The van der Waals surface area contributed by atoms with E-state index in [1.165, 1.54) is 12.0 Å². The molecule has 2 N–H and O–H groups in total. The van der Waals surface area contributed by atoms with Crippen LogP contribution in [0.4, 0.5) is 0 Å². The zero-order valence-electron chi connectivity index (χ0n) is 9.87. The van der Waals surface area contributed by atoms with Crippen LogP contribution in [0.1, 0.15) is 5.56 Å². The average molecular weight is 254 g/mol. The van der Waals surface area contributed by atoms with E-state index < -0.39 is 11.9 Å². The molecule has 0 fully saturated rings. The van der Waals surface area contributed by atoms with Crippen LogP contribution in [0, 0.1) is 0 Å². The van der Waals surface area contributed by atoms with Gasteiger partial charge >= 0.3 is 11.9 Å². The number of hydrogen-bond acceptors (Lipinski definition) is 5. The smallest absolute Gasteiger partial charge is 0.317 e. The first-order valence-corrected chi connectivity index (χ1v) is 5.16. The molecule has 0 saturated heterocycles. The first-order valence-electron chi connectivity index (χ1n) is 5.16. The highest BCUT2D eigenvalue weighted by Crippen LogP contribution is 2.15. The Kier molecular flexibility index (Phi) is 5.06. The number of carbonyl (C=O) groups is 2. The second-order valence-corrected chi connectivity index (χ2v) is 3.60. The van der Waals surface area contributed by atoms with Crippen LogP contribution in [-0.4, -0.2) is 52.2 Å². The molecule has 7 heteroatoms. The quantitative estimate of drug-likeness (QED) is 0.709. The summed E-state index contributed by atoms with van der Waals surface area (Å²) < 4.78 is 5.02. The van der Waals surface area contributed by atoms with Crippen molar-refractivity contribution in [2.45, 2.75) is 6.54 Å². The van der Waals surface area contributed by atoms with Gasteiger partial charge in [-0.3, -0.25) is 14.5 Å². The number of carboxylic acid groups (broad SMARTS) is 2. The zero-order valence-corrected chi connectivity index (χ0v) is 9.87. The van der Waals surface area contributed by atoms with Crippen LogP contribution in [-0.2, 0) is 16.1 Å². The minimum absolute atomic E-state index is 0.148. The molecule has 0 amide bonds. The minimum atomic E-state index is -1.08. The number of aliphatic carboxylic acids is 2. The van der Waals surface area contributed by atoms with Gasteiger partial charge in [0, 0.05) is 18.3 Å². The molecule has 0 aliphatic carbocycles. The number of pyridine rings is 1. The van der Waals surface area contributed by atoms with Crippen LogP contribution in [0.3, 0.4) is 0 Å². The molecule has 7 nitrogen and oxygen atoms in total. The third-order valence-electron chi connectivity index (χ3n) is 2.16. The number of nitrogens with zero attached hydrogens (tertiary/aromatic N) is 2. The molecule has 0 aliphatic rings. The summed E-state index contributed by atoms with van der Waals surface area (Å²) in [6, 6.07) is 3.39. The van der Waals surface area contributed by atoms with Crippen LogP contribution >= 0.6 is 0 Å². The number of hydrogen-bond donors (Lipinski definition) is 2. The molecule has 0 bridgehead atoms. The lowest BCUT2D eigenvalue weighted by Crippen LogP contribution is -2.34. The summed E-state index contributed by atoms with van der Waals surface area (Å²) in [5.41, 5.74) is 0.641. The van der Waals surface area contributed by atoms with Gasteiger partial charge in [0.25, 0.3) is 0 Å². The standard InChI is InChI=1S/C11H14N2O5/c1-18-11-8(3-2-4-12-11)5-13(6-9(14)15)7-10(16)17/h2-4H,5-7H2,1H3,(H,14,15)(H,16,17). The van der Waals surface area contributed by atoms with Gasteiger partial charge in [-0.15, -0.1) is 0 Å². The Bertz CT molecular complexity index is 419. The summed E-state index contributed by atoms with van der Waals surface area (Å²) >= 11 is 0. The highest BCUT2D eigenvalue weighted by Gasteiger charge is 2.16. The maximum atomic E-state index is 10.7. The minimum Gasteiger partial charge on any atom is -0.481 e. The van der Waals surface area contributed by atoms with E-state index in [1.807, 2.05) is 0 Å². The second-order valence-electron chi connectivity index (χ2n) is 3.60. The number of rotatable bonds is 7. The molecule has 0 unspecified atom stereocenters. The van der Waals surface area contributed by atoms with Crippen molar-refractivity contribution in [1.29, 1.82) is 0 Å². The van der Waals surface area contributed by atoms with Gasteiger partial charge in [0.05, 0.1) is 20.2 Å². The van der Waals surface area contributed by atoms with Gasteiger partial charge < -0.3 is 14.9 Å². The van der Waals surface area contributed by atoms with Crippen molar-refractivity contribution in [2.24, 2.45) is 0 Å². The van der Waals surface area contributed by atoms with Crippen LogP contribution in [0.5, 0.6) is 5.88 Å². The van der Waals surface area contributed by atoms with E-state index in [9.17, 15) is 9.59 Å². The van der Waals surface area contributed by atoms with Crippen LogP contribution in [0.2, 0.25) is 0 Å². The van der Waals surface area contributed by atoms with E-state index >= 15 is 0 Å². The third-order valence-corrected chi connectivity index (χ3v) is 2.16. The Labute approximate surface area is 104 Å². The molecule has 0 atom stereocenters. The average Bonchev–Trinajstić information content (AvgIpc) is 2.27. The summed E-state index contributed by atoms with van der Waals surface area (Å²) in [6.45, 7) is -0.565. The van der Waals surface area contributed by atoms with E-state index in [0.717, 1.165) is 0 Å². The molecule has 1 heterocycles. The van der Waals surface area contributed by atoms with E-state index in [0.29, 0.717) is 11.4 Å². The zero-order chi connectivity index (χ0) is 13.5. The monoisotopic (exact) mass is 254 g/mol. The van der Waals surface area contributed by atoms with Gasteiger partial charge in [-0.05, 0) is 6.07 Å².